The molecule has 1 atom stereocenters. The van der Waals surface area contributed by atoms with E-state index in [1.807, 2.05) is 22.7 Å². The van der Waals surface area contributed by atoms with Crippen LogP contribution in [-0.2, 0) is 6.54 Å². The topological polar surface area (TPSA) is 82.9 Å². The van der Waals surface area contributed by atoms with Crippen LogP contribution in [0.1, 0.15) is 18.4 Å². The minimum Gasteiger partial charge on any atom is -0.325 e. The van der Waals surface area contributed by atoms with Gasteiger partial charge in [0.25, 0.3) is 0 Å². The maximum atomic E-state index is 13.4. The highest BCUT2D eigenvalue weighted by atomic mass is 19.1. The molecule has 1 aliphatic carbocycles. The summed E-state index contributed by atoms with van der Waals surface area (Å²) in [5, 5.41) is 13.7. The molecule has 1 unspecified atom stereocenters. The number of anilines is 3. The van der Waals surface area contributed by atoms with Crippen molar-refractivity contribution in [2.45, 2.75) is 32.4 Å². The van der Waals surface area contributed by atoms with Gasteiger partial charge in [-0.1, -0.05) is 0 Å². The Bertz CT molecular complexity index is 1180. The van der Waals surface area contributed by atoms with Gasteiger partial charge >= 0.3 is 0 Å². The van der Waals surface area contributed by atoms with E-state index in [2.05, 4.69) is 32.2 Å². The van der Waals surface area contributed by atoms with E-state index in [0.29, 0.717) is 17.8 Å². The van der Waals surface area contributed by atoms with E-state index in [-0.39, 0.29) is 5.82 Å². The average molecular weight is 433 g/mol. The van der Waals surface area contributed by atoms with Crippen LogP contribution >= 0.6 is 0 Å². The zero-order chi connectivity index (χ0) is 21.7. The maximum Gasteiger partial charge on any atom is 0.152 e. The maximum absolute atomic E-state index is 13.4. The molecule has 8 nitrogen and oxygen atoms in total. The van der Waals surface area contributed by atoms with Crippen LogP contribution in [0.3, 0.4) is 0 Å². The van der Waals surface area contributed by atoms with E-state index in [0.717, 1.165) is 48.1 Å². The highest BCUT2D eigenvalue weighted by Gasteiger charge is 2.29. The Morgan fingerprint density at radius 3 is 2.81 bits per heavy atom. The molecule has 9 heteroatoms. The lowest BCUT2D eigenvalue weighted by Crippen LogP contribution is -2.38. The van der Waals surface area contributed by atoms with Gasteiger partial charge in [-0.15, -0.1) is 0 Å². The number of hydrogen-bond donors (Lipinski definition) is 3. The zero-order valence-electron chi connectivity index (χ0n) is 17.8. The lowest BCUT2D eigenvalue weighted by molar-refractivity contribution is 0.571. The molecule has 0 amide bonds. The van der Waals surface area contributed by atoms with Gasteiger partial charge in [-0.05, 0) is 55.5 Å². The molecule has 6 rings (SSSR count). The van der Waals surface area contributed by atoms with Crippen molar-refractivity contribution in [3.05, 3.63) is 59.8 Å². The van der Waals surface area contributed by atoms with Crippen LogP contribution in [0.25, 0.3) is 11.3 Å². The van der Waals surface area contributed by atoms with Gasteiger partial charge in [0, 0.05) is 43.0 Å². The first-order valence-electron chi connectivity index (χ1n) is 11.0. The fraction of sp³-hybridized carbons (Fsp3) is 0.348. The molecule has 2 aromatic heterocycles. The SMILES string of the molecule is Cc1c(-c2ccc(F)cc2)nn(CC2CC2)c1Nc1cc(N2C=C3CNCC3N2)ncn1. The highest BCUT2D eigenvalue weighted by Crippen LogP contribution is 2.35. The molecule has 164 valence electrons. The molecule has 1 aromatic carbocycles. The van der Waals surface area contributed by atoms with E-state index < -0.39 is 0 Å². The molecular formula is C23H25FN8. The molecule has 1 saturated carbocycles. The standard InChI is InChI=1S/C23H25FN8/c1-14-22(16-4-6-18(24)7-5-16)30-32(11-15-2-3-15)23(14)28-20-8-21(27-13-26-20)31-12-17-9-25-10-19(17)29-31/h4-8,12-13,15,19,25,29H,2-3,9-11H2,1H3,(H,26,27,28). The van der Waals surface area contributed by atoms with Gasteiger partial charge in [-0.2, -0.15) is 5.10 Å². The van der Waals surface area contributed by atoms with Crippen molar-refractivity contribution in [2.75, 3.05) is 23.4 Å². The third-order valence-corrected chi connectivity index (χ3v) is 6.30. The molecule has 0 spiro atoms. The zero-order valence-corrected chi connectivity index (χ0v) is 17.8. The molecular weight excluding hydrogens is 407 g/mol. The number of hydrogen-bond acceptors (Lipinski definition) is 7. The predicted octanol–water partition coefficient (Wildman–Crippen LogP) is 3.12. The van der Waals surface area contributed by atoms with Crippen molar-refractivity contribution in [1.82, 2.24) is 30.5 Å². The Hall–Kier alpha value is -3.30. The second-order valence-electron chi connectivity index (χ2n) is 8.73. The summed E-state index contributed by atoms with van der Waals surface area (Å²) < 4.78 is 15.5. The Balaban J connectivity index is 1.31. The Kier molecular flexibility index (Phi) is 4.65. The van der Waals surface area contributed by atoms with Crippen molar-refractivity contribution in [3.63, 3.8) is 0 Å². The lowest BCUT2D eigenvalue weighted by Gasteiger charge is -2.18. The van der Waals surface area contributed by atoms with E-state index >= 15 is 0 Å². The van der Waals surface area contributed by atoms with Crippen molar-refractivity contribution < 1.29 is 4.39 Å². The molecule has 4 heterocycles. The second kappa shape index (κ2) is 7.68. The van der Waals surface area contributed by atoms with E-state index in [9.17, 15) is 4.39 Å². The number of aromatic nitrogens is 4. The molecule has 32 heavy (non-hydrogen) atoms. The number of rotatable bonds is 6. The van der Waals surface area contributed by atoms with Crippen LogP contribution < -0.4 is 21.1 Å². The van der Waals surface area contributed by atoms with Gasteiger partial charge in [0.2, 0.25) is 0 Å². The number of benzene rings is 1. The second-order valence-corrected chi connectivity index (χ2v) is 8.73. The molecule has 1 saturated heterocycles. The first kappa shape index (κ1) is 19.4. The number of nitrogens with zero attached hydrogens (tertiary/aromatic N) is 5. The van der Waals surface area contributed by atoms with Gasteiger partial charge < -0.3 is 10.6 Å². The summed E-state index contributed by atoms with van der Waals surface area (Å²) >= 11 is 0. The Labute approximate surface area is 185 Å². The molecule has 3 aliphatic rings. The fourth-order valence-corrected chi connectivity index (χ4v) is 4.32. The molecule has 0 radical (unpaired) electrons. The highest BCUT2D eigenvalue weighted by molar-refractivity contribution is 5.71. The summed E-state index contributed by atoms with van der Waals surface area (Å²) in [6, 6.07) is 8.75. The van der Waals surface area contributed by atoms with Crippen molar-refractivity contribution in [2.24, 2.45) is 5.92 Å². The van der Waals surface area contributed by atoms with Gasteiger partial charge in [-0.3, -0.25) is 5.01 Å². The third kappa shape index (κ3) is 3.63. The quantitative estimate of drug-likeness (QED) is 0.552. The number of nitrogens with one attached hydrogen (secondary N) is 3. The van der Waals surface area contributed by atoms with Crippen LogP contribution in [-0.4, -0.2) is 38.9 Å². The smallest absolute Gasteiger partial charge is 0.152 e. The van der Waals surface area contributed by atoms with Crippen LogP contribution in [0.5, 0.6) is 0 Å². The van der Waals surface area contributed by atoms with E-state index in [1.54, 1.807) is 18.5 Å². The predicted molar refractivity (Wildman–Crippen MR) is 121 cm³/mol. The van der Waals surface area contributed by atoms with E-state index in [4.69, 9.17) is 5.10 Å². The van der Waals surface area contributed by atoms with Crippen LogP contribution in [0.4, 0.5) is 21.8 Å². The van der Waals surface area contributed by atoms with E-state index in [1.165, 1.54) is 30.5 Å². The van der Waals surface area contributed by atoms with Crippen molar-refractivity contribution in [1.29, 1.82) is 0 Å². The summed E-state index contributed by atoms with van der Waals surface area (Å²) in [5.41, 5.74) is 7.56. The van der Waals surface area contributed by atoms with Gasteiger partial charge in [-0.25, -0.2) is 24.5 Å². The van der Waals surface area contributed by atoms with Crippen molar-refractivity contribution in [3.8, 4) is 11.3 Å². The fourth-order valence-electron chi connectivity index (χ4n) is 4.32. The number of fused-ring (bicyclic) bond motifs is 1. The molecule has 2 aliphatic heterocycles. The number of hydrazine groups is 1. The Morgan fingerprint density at radius 1 is 1.19 bits per heavy atom. The van der Waals surface area contributed by atoms with Crippen molar-refractivity contribution >= 4 is 17.5 Å². The molecule has 0 bridgehead atoms. The molecule has 3 N–H and O–H groups in total. The van der Waals surface area contributed by atoms with Gasteiger partial charge in [0.05, 0.1) is 11.7 Å². The molecule has 2 fully saturated rings. The summed E-state index contributed by atoms with van der Waals surface area (Å²) in [4.78, 5) is 8.89. The first-order chi connectivity index (χ1) is 15.6. The summed E-state index contributed by atoms with van der Waals surface area (Å²) in [6.07, 6.45) is 6.13. The minimum absolute atomic E-state index is 0.249. The minimum atomic E-state index is -0.249. The molecule has 3 aromatic rings. The summed E-state index contributed by atoms with van der Waals surface area (Å²) in [7, 11) is 0. The average Bonchev–Trinajstić information content (AvgIpc) is 3.22. The lowest BCUT2D eigenvalue weighted by atomic mass is 10.1. The van der Waals surface area contributed by atoms with Crippen LogP contribution in [0, 0.1) is 18.7 Å². The third-order valence-electron chi connectivity index (χ3n) is 6.30. The monoisotopic (exact) mass is 432 g/mol. The van der Waals surface area contributed by atoms with Gasteiger partial charge in [0.1, 0.15) is 23.8 Å². The van der Waals surface area contributed by atoms with Gasteiger partial charge in [0.15, 0.2) is 5.82 Å². The first-order valence-corrected chi connectivity index (χ1v) is 11.0. The summed E-state index contributed by atoms with van der Waals surface area (Å²) in [6.45, 7) is 4.72. The normalized spacial score (nSPS) is 19.9. The number of halogens is 1. The largest absolute Gasteiger partial charge is 0.325 e. The van der Waals surface area contributed by atoms with Crippen LogP contribution in [0.2, 0.25) is 0 Å². The Morgan fingerprint density at radius 2 is 2.03 bits per heavy atom. The van der Waals surface area contributed by atoms with Crippen LogP contribution in [0.15, 0.2) is 48.4 Å². The summed E-state index contributed by atoms with van der Waals surface area (Å²) in [5.74, 6) is 2.81.